The van der Waals surface area contributed by atoms with Gasteiger partial charge in [-0.25, -0.2) is 4.99 Å². The Morgan fingerprint density at radius 3 is 1.95 bits per heavy atom. The van der Waals surface area contributed by atoms with Crippen LogP contribution in [0.25, 0.3) is 22.0 Å². The van der Waals surface area contributed by atoms with Crippen molar-refractivity contribution >= 4 is 22.3 Å². The number of hydrogen-bond acceptors (Lipinski definition) is 3. The van der Waals surface area contributed by atoms with Crippen molar-refractivity contribution in [2.24, 2.45) is 4.99 Å². The second-order valence-corrected chi connectivity index (χ2v) is 10.1. The number of nitrogens with zero attached hydrogens (tertiary/aromatic N) is 2. The third-order valence-electron chi connectivity index (χ3n) is 7.09. The van der Waals surface area contributed by atoms with E-state index in [9.17, 15) is 5.11 Å². The highest BCUT2D eigenvalue weighted by molar-refractivity contribution is 6.22. The summed E-state index contributed by atoms with van der Waals surface area (Å²) in [5.41, 5.74) is 8.82. The molecule has 0 spiro atoms. The van der Waals surface area contributed by atoms with Gasteiger partial charge in [-0.1, -0.05) is 115 Å². The van der Waals surface area contributed by atoms with Gasteiger partial charge in [0.05, 0.1) is 17.0 Å². The van der Waals surface area contributed by atoms with E-state index in [0.29, 0.717) is 5.56 Å². The van der Waals surface area contributed by atoms with Crippen LogP contribution >= 0.6 is 0 Å². The lowest BCUT2D eigenvalue weighted by molar-refractivity contribution is 0.319. The van der Waals surface area contributed by atoms with Crippen molar-refractivity contribution in [2.45, 2.75) is 13.1 Å². The van der Waals surface area contributed by atoms with Crippen LogP contribution in [0.5, 0.6) is 5.88 Å². The maximum atomic E-state index is 11.1. The normalized spacial score (nSPS) is 11.8. The molecular weight excluding hydrogens is 490 g/mol. The Morgan fingerprint density at radius 1 is 0.675 bits per heavy atom. The van der Waals surface area contributed by atoms with E-state index in [4.69, 9.17) is 4.99 Å². The van der Waals surface area contributed by atoms with Crippen LogP contribution in [0, 0.1) is 0 Å². The molecule has 0 saturated carbocycles. The van der Waals surface area contributed by atoms with E-state index in [-0.39, 0.29) is 5.88 Å². The second kappa shape index (κ2) is 11.4. The average Bonchev–Trinajstić information content (AvgIpc) is 3.32. The molecule has 5 aromatic carbocycles. The topological polar surface area (TPSA) is 51.6 Å². The van der Waals surface area contributed by atoms with Crippen molar-refractivity contribution in [1.29, 1.82) is 0 Å². The summed E-state index contributed by atoms with van der Waals surface area (Å²) < 4.78 is 0. The number of aromatic amines is 1. The van der Waals surface area contributed by atoms with Crippen LogP contribution < -0.4 is 0 Å². The molecule has 0 radical (unpaired) electrons. The predicted octanol–water partition coefficient (Wildman–Crippen LogP) is 8.34. The van der Waals surface area contributed by atoms with Crippen molar-refractivity contribution in [3.05, 3.63) is 156 Å². The molecule has 6 rings (SSSR count). The van der Waals surface area contributed by atoms with Gasteiger partial charge in [0.2, 0.25) is 0 Å². The number of aromatic nitrogens is 1. The molecule has 40 heavy (non-hydrogen) atoms. The van der Waals surface area contributed by atoms with E-state index >= 15 is 0 Å². The minimum absolute atomic E-state index is 0.113. The van der Waals surface area contributed by atoms with E-state index in [1.807, 2.05) is 66.7 Å². The van der Waals surface area contributed by atoms with E-state index in [0.717, 1.165) is 52.1 Å². The monoisotopic (exact) mass is 521 g/mol. The molecule has 1 heterocycles. The lowest BCUT2D eigenvalue weighted by Crippen LogP contribution is -2.17. The van der Waals surface area contributed by atoms with Crippen LogP contribution in [0.1, 0.15) is 22.3 Å². The molecule has 0 aliphatic heterocycles. The third-order valence-corrected chi connectivity index (χ3v) is 7.09. The summed E-state index contributed by atoms with van der Waals surface area (Å²) in [6.45, 7) is 1.74. The maximum Gasteiger partial charge on any atom is 0.199 e. The zero-order valence-electron chi connectivity index (χ0n) is 22.5. The Hall–Kier alpha value is -4.93. The van der Waals surface area contributed by atoms with Crippen LogP contribution in [-0.4, -0.2) is 27.7 Å². The van der Waals surface area contributed by atoms with Crippen molar-refractivity contribution in [1.82, 2.24) is 9.88 Å². The first kappa shape index (κ1) is 25.4. The minimum atomic E-state index is 0.113. The van der Waals surface area contributed by atoms with Gasteiger partial charge in [-0.15, -0.1) is 0 Å². The van der Waals surface area contributed by atoms with Crippen molar-refractivity contribution in [3.8, 4) is 17.0 Å². The molecule has 0 amide bonds. The first-order valence-corrected chi connectivity index (χ1v) is 13.5. The molecule has 0 bridgehead atoms. The van der Waals surface area contributed by atoms with Gasteiger partial charge in [-0.05, 0) is 47.5 Å². The Morgan fingerprint density at radius 2 is 1.27 bits per heavy atom. The van der Waals surface area contributed by atoms with Gasteiger partial charge in [-0.2, -0.15) is 0 Å². The summed E-state index contributed by atoms with van der Waals surface area (Å²) in [6.07, 6.45) is 0. The smallest absolute Gasteiger partial charge is 0.199 e. The molecular formula is C36H31N3O. The fraction of sp³-hybridized carbons (Fsp3) is 0.0833. The Labute approximate surface area is 234 Å². The van der Waals surface area contributed by atoms with Gasteiger partial charge in [0.15, 0.2) is 5.88 Å². The van der Waals surface area contributed by atoms with E-state index < -0.39 is 0 Å². The number of aromatic hydroxyl groups is 1. The fourth-order valence-corrected chi connectivity index (χ4v) is 5.16. The molecule has 4 nitrogen and oxygen atoms in total. The van der Waals surface area contributed by atoms with Crippen molar-refractivity contribution < 1.29 is 5.11 Å². The number of hydrogen-bond donors (Lipinski definition) is 2. The highest BCUT2D eigenvalue weighted by Crippen LogP contribution is 2.34. The van der Waals surface area contributed by atoms with Crippen LogP contribution in [0.3, 0.4) is 0 Å². The van der Waals surface area contributed by atoms with E-state index in [1.54, 1.807) is 0 Å². The first-order chi connectivity index (χ1) is 19.6. The van der Waals surface area contributed by atoms with Gasteiger partial charge >= 0.3 is 0 Å². The largest absolute Gasteiger partial charge is 0.494 e. The number of nitrogens with one attached hydrogen (secondary N) is 1. The van der Waals surface area contributed by atoms with Crippen LogP contribution in [-0.2, 0) is 13.1 Å². The lowest BCUT2D eigenvalue weighted by Gasteiger charge is -2.17. The average molecular weight is 522 g/mol. The maximum absolute atomic E-state index is 11.1. The fourth-order valence-electron chi connectivity index (χ4n) is 5.16. The molecule has 2 N–H and O–H groups in total. The summed E-state index contributed by atoms with van der Waals surface area (Å²) in [6, 6.07) is 45.4. The summed E-state index contributed by atoms with van der Waals surface area (Å²) in [4.78, 5) is 10.6. The molecule has 196 valence electrons. The van der Waals surface area contributed by atoms with Gasteiger partial charge < -0.3 is 10.1 Å². The number of rotatable bonds is 8. The van der Waals surface area contributed by atoms with Crippen LogP contribution in [0.4, 0.5) is 5.69 Å². The van der Waals surface area contributed by atoms with Gasteiger partial charge in [0.25, 0.3) is 0 Å². The standard InChI is InChI=1S/C36H31N3O/c1-39(24-26-11-5-2-6-12-26)25-27-17-20-31(21-18-27)37-35(29-15-9-4-10-16-29)34-32-22-19-30(23-33(32)38-36(34)40)28-13-7-3-8-14-28/h2-23,38,40H,24-25H2,1H3. The Balaban J connectivity index is 1.33. The van der Waals surface area contributed by atoms with Gasteiger partial charge in [-0.3, -0.25) is 4.90 Å². The zero-order valence-corrected chi connectivity index (χ0v) is 22.5. The number of aliphatic imine (C=N–C) groups is 1. The zero-order chi connectivity index (χ0) is 27.3. The Kier molecular flexibility index (Phi) is 7.25. The molecule has 0 aliphatic rings. The Bertz CT molecular complexity index is 1740. The molecule has 0 fully saturated rings. The van der Waals surface area contributed by atoms with E-state index in [2.05, 4.69) is 83.7 Å². The first-order valence-electron chi connectivity index (χ1n) is 13.5. The lowest BCUT2D eigenvalue weighted by atomic mass is 9.98. The summed E-state index contributed by atoms with van der Waals surface area (Å²) in [7, 11) is 2.13. The van der Waals surface area contributed by atoms with Gasteiger partial charge in [0.1, 0.15) is 0 Å². The van der Waals surface area contributed by atoms with Crippen molar-refractivity contribution in [3.63, 3.8) is 0 Å². The van der Waals surface area contributed by atoms with Crippen molar-refractivity contribution in [2.75, 3.05) is 7.05 Å². The number of benzene rings is 5. The summed E-state index contributed by atoms with van der Waals surface area (Å²) >= 11 is 0. The third kappa shape index (κ3) is 5.58. The molecule has 0 atom stereocenters. The number of fused-ring (bicyclic) bond motifs is 1. The summed E-state index contributed by atoms with van der Waals surface area (Å²) in [5.74, 6) is 0.113. The molecule has 4 heteroatoms. The molecule has 0 aliphatic carbocycles. The molecule has 6 aromatic rings. The van der Waals surface area contributed by atoms with Gasteiger partial charge in [0, 0.05) is 29.6 Å². The van der Waals surface area contributed by atoms with E-state index in [1.165, 1.54) is 11.1 Å². The van der Waals surface area contributed by atoms with Crippen LogP contribution in [0.15, 0.2) is 138 Å². The molecule has 0 unspecified atom stereocenters. The highest BCUT2D eigenvalue weighted by atomic mass is 16.3. The SMILES string of the molecule is CN(Cc1ccccc1)Cc1ccc(N=C(c2ccccc2)c2c(O)[nH]c3cc(-c4ccccc4)ccc23)cc1. The number of H-pyrrole nitrogens is 1. The second-order valence-electron chi connectivity index (χ2n) is 10.1. The molecule has 1 aromatic heterocycles. The van der Waals surface area contributed by atoms with Crippen LogP contribution in [0.2, 0.25) is 0 Å². The summed E-state index contributed by atoms with van der Waals surface area (Å²) in [5, 5.41) is 12.1. The minimum Gasteiger partial charge on any atom is -0.494 e. The quantitative estimate of drug-likeness (QED) is 0.198. The molecule has 0 saturated heterocycles. The predicted molar refractivity (Wildman–Crippen MR) is 165 cm³/mol. The highest BCUT2D eigenvalue weighted by Gasteiger charge is 2.19.